The van der Waals surface area contributed by atoms with Crippen LogP contribution in [0.25, 0.3) is 90.9 Å². The van der Waals surface area contributed by atoms with E-state index >= 15 is 0 Å². The number of aromatic nitrogens is 4. The fourth-order valence-electron chi connectivity index (χ4n) is 7.23. The Bertz CT molecular complexity index is 2560. The van der Waals surface area contributed by atoms with Gasteiger partial charge in [0.2, 0.25) is 0 Å². The van der Waals surface area contributed by atoms with Crippen LogP contribution in [-0.4, -0.2) is 25.0 Å². The van der Waals surface area contributed by atoms with Gasteiger partial charge in [-0.1, -0.05) is 105 Å². The number of benzene rings is 4. The molecular formula is C44H23Cl7N4O. The van der Waals surface area contributed by atoms with Crippen LogP contribution in [0.3, 0.4) is 0 Å². The van der Waals surface area contributed by atoms with E-state index in [2.05, 4.69) is 9.97 Å². The van der Waals surface area contributed by atoms with Crippen molar-refractivity contribution in [2.75, 3.05) is 0 Å². The number of halogens is 7. The highest BCUT2D eigenvalue weighted by Gasteiger charge is 2.24. The highest BCUT2D eigenvalue weighted by molar-refractivity contribution is 6.41. The van der Waals surface area contributed by atoms with E-state index in [1.54, 1.807) is 72.8 Å². The molecule has 8 bridgehead atoms. The normalized spacial score (nSPS) is 12.1. The Morgan fingerprint density at radius 2 is 0.571 bits per heavy atom. The third kappa shape index (κ3) is 6.29. The summed E-state index contributed by atoms with van der Waals surface area (Å²) in [6.45, 7) is 0. The first-order valence-electron chi connectivity index (χ1n) is 17.1. The van der Waals surface area contributed by atoms with Crippen molar-refractivity contribution in [2.24, 2.45) is 0 Å². The van der Waals surface area contributed by atoms with Crippen molar-refractivity contribution in [3.05, 3.63) is 155 Å². The number of phenolic OH excluding ortho intramolecular Hbond substituents is 1. The van der Waals surface area contributed by atoms with Gasteiger partial charge in [0.1, 0.15) is 5.75 Å². The maximum atomic E-state index is 11.3. The first-order chi connectivity index (χ1) is 27.1. The summed E-state index contributed by atoms with van der Waals surface area (Å²) in [4.78, 5) is 17.6. The molecule has 274 valence electrons. The van der Waals surface area contributed by atoms with Crippen LogP contribution in [0, 0.1) is 0 Å². The predicted molar refractivity (Wildman–Crippen MR) is 237 cm³/mol. The van der Waals surface area contributed by atoms with Gasteiger partial charge in [-0.2, -0.15) is 0 Å². The number of phenols is 1. The van der Waals surface area contributed by atoms with Gasteiger partial charge in [-0.3, -0.25) is 0 Å². The van der Waals surface area contributed by atoms with Crippen LogP contribution in [0.15, 0.2) is 97.1 Å². The van der Waals surface area contributed by atoms with Crippen LogP contribution in [0.4, 0.5) is 0 Å². The number of aromatic hydroxyl groups is 1. The van der Waals surface area contributed by atoms with Gasteiger partial charge in [0, 0.05) is 66.6 Å². The van der Waals surface area contributed by atoms with E-state index in [1.165, 1.54) is 0 Å². The van der Waals surface area contributed by atoms with Crippen molar-refractivity contribution in [2.45, 2.75) is 0 Å². The fraction of sp³-hybridized carbons (Fsp3) is 0. The number of rotatable bonds is 4. The lowest BCUT2D eigenvalue weighted by atomic mass is 10.0. The van der Waals surface area contributed by atoms with Gasteiger partial charge in [-0.15, -0.1) is 0 Å². The SMILES string of the molecule is Oc1cccc(Cl)c1-c1c2nc(c(-c3c(Cl)cccc3Cl)c3ccc([nH]3)c(-c3c(Cl)cccc3Cl)c3nc(c(-c4c(Cl)cccc4Cl)c4ccc1[nH]4)C=C3)C=C2. The molecule has 0 spiro atoms. The lowest BCUT2D eigenvalue weighted by molar-refractivity contribution is 0.477. The zero-order chi connectivity index (χ0) is 38.8. The first kappa shape index (κ1) is 36.9. The summed E-state index contributed by atoms with van der Waals surface area (Å²) in [5.41, 5.74) is 9.30. The second kappa shape index (κ2) is 14.7. The van der Waals surface area contributed by atoms with Crippen LogP contribution in [0.1, 0.15) is 22.8 Å². The van der Waals surface area contributed by atoms with E-state index in [0.717, 1.165) is 0 Å². The fourth-order valence-corrected chi connectivity index (χ4v) is 9.25. The summed E-state index contributed by atoms with van der Waals surface area (Å²) in [7, 11) is 0. The highest BCUT2D eigenvalue weighted by Crippen LogP contribution is 2.46. The number of aromatic amines is 2. The molecule has 9 rings (SSSR count). The van der Waals surface area contributed by atoms with Crippen LogP contribution >= 0.6 is 81.2 Å². The average molecular weight is 872 g/mol. The quantitative estimate of drug-likeness (QED) is 0.165. The second-order valence-electron chi connectivity index (χ2n) is 12.9. The predicted octanol–water partition coefficient (Wildman–Crippen LogP) is 15.6. The van der Waals surface area contributed by atoms with Gasteiger partial charge in [0.05, 0.1) is 57.9 Å². The van der Waals surface area contributed by atoms with E-state index in [-0.39, 0.29) is 5.75 Å². The molecule has 2 aliphatic rings. The number of nitrogens with zero attached hydrogens (tertiary/aromatic N) is 2. The van der Waals surface area contributed by atoms with Crippen molar-refractivity contribution in [3.8, 4) is 50.3 Å². The van der Waals surface area contributed by atoms with E-state index in [1.807, 2.05) is 48.6 Å². The molecule has 0 atom stereocenters. The lowest BCUT2D eigenvalue weighted by Gasteiger charge is -2.11. The van der Waals surface area contributed by atoms with Crippen molar-refractivity contribution < 1.29 is 5.11 Å². The zero-order valence-electron chi connectivity index (χ0n) is 28.5. The summed E-state index contributed by atoms with van der Waals surface area (Å²) < 4.78 is 0. The Labute approximate surface area is 355 Å². The Morgan fingerprint density at radius 3 is 0.857 bits per heavy atom. The molecule has 0 radical (unpaired) electrons. The number of nitrogens with one attached hydrogen (secondary N) is 2. The minimum atomic E-state index is -0.0306. The standard InChI is InChI=1S/C44H23Cl7N4O/c45-21-5-1-6-22(46)37(21)41-28-13-15-30(52-28)42(38-23(47)7-2-8-24(38)48)32-17-19-34(54-32)44(40-27(51)11-4-12-36(40)56)35-20-18-33(55-35)43(31-16-14-29(41)53-31)39-25(49)9-3-10-26(39)50/h1-20,52,55-56H. The average Bonchev–Trinajstić information content (AvgIpc) is 4.00. The summed E-state index contributed by atoms with van der Waals surface area (Å²) in [5, 5.41) is 14.2. The molecule has 3 aromatic heterocycles. The number of H-pyrrole nitrogens is 2. The molecule has 7 aromatic rings. The second-order valence-corrected chi connectivity index (χ2v) is 15.8. The highest BCUT2D eigenvalue weighted by atomic mass is 35.5. The summed E-state index contributed by atoms with van der Waals surface area (Å²) in [6.07, 6.45) is 7.54. The third-order valence-electron chi connectivity index (χ3n) is 9.63. The van der Waals surface area contributed by atoms with Gasteiger partial charge in [0.15, 0.2) is 0 Å². The summed E-state index contributed by atoms with van der Waals surface area (Å²) in [5.74, 6) is -0.0306. The number of fused-ring (bicyclic) bond motifs is 8. The molecule has 2 aliphatic heterocycles. The topological polar surface area (TPSA) is 77.6 Å². The molecule has 0 amide bonds. The Hall–Kier alpha value is -4.69. The van der Waals surface area contributed by atoms with Gasteiger partial charge < -0.3 is 15.1 Å². The Kier molecular flexibility index (Phi) is 9.67. The van der Waals surface area contributed by atoms with Crippen molar-refractivity contribution in [3.63, 3.8) is 0 Å². The molecule has 3 N–H and O–H groups in total. The van der Waals surface area contributed by atoms with Crippen LogP contribution in [0.5, 0.6) is 5.75 Å². The van der Waals surface area contributed by atoms with Gasteiger partial charge in [-0.05, 0) is 97.1 Å². The molecule has 56 heavy (non-hydrogen) atoms. The molecule has 0 saturated carbocycles. The molecule has 0 saturated heterocycles. The maximum Gasteiger partial charge on any atom is 0.125 e. The van der Waals surface area contributed by atoms with Crippen LogP contribution in [-0.2, 0) is 0 Å². The number of hydrogen-bond acceptors (Lipinski definition) is 3. The smallest absolute Gasteiger partial charge is 0.125 e. The zero-order valence-corrected chi connectivity index (χ0v) is 33.8. The van der Waals surface area contributed by atoms with Crippen LogP contribution in [0.2, 0.25) is 35.2 Å². The molecule has 4 aromatic carbocycles. The minimum Gasteiger partial charge on any atom is -0.507 e. The monoisotopic (exact) mass is 868 g/mol. The van der Waals surface area contributed by atoms with Gasteiger partial charge >= 0.3 is 0 Å². The van der Waals surface area contributed by atoms with E-state index in [0.29, 0.717) is 125 Å². The van der Waals surface area contributed by atoms with E-state index in [9.17, 15) is 5.11 Å². The minimum absolute atomic E-state index is 0.0306. The van der Waals surface area contributed by atoms with Crippen LogP contribution < -0.4 is 0 Å². The molecule has 5 nitrogen and oxygen atoms in total. The molecular weight excluding hydrogens is 849 g/mol. The molecule has 0 unspecified atom stereocenters. The Morgan fingerprint density at radius 1 is 0.321 bits per heavy atom. The van der Waals surface area contributed by atoms with Crippen molar-refractivity contribution in [1.82, 2.24) is 19.9 Å². The molecule has 0 fully saturated rings. The van der Waals surface area contributed by atoms with Crippen molar-refractivity contribution >= 4 is 128 Å². The first-order valence-corrected chi connectivity index (χ1v) is 19.7. The molecule has 0 aliphatic carbocycles. The van der Waals surface area contributed by atoms with Crippen molar-refractivity contribution in [1.29, 1.82) is 0 Å². The lowest BCUT2D eigenvalue weighted by Crippen LogP contribution is -1.92. The largest absolute Gasteiger partial charge is 0.507 e. The molecule has 12 heteroatoms. The molecule has 5 heterocycles. The van der Waals surface area contributed by atoms with E-state index in [4.69, 9.17) is 91.2 Å². The summed E-state index contributed by atoms with van der Waals surface area (Å²) in [6, 6.07) is 28.7. The third-order valence-corrected chi connectivity index (χ3v) is 11.8. The number of hydrogen-bond donors (Lipinski definition) is 3. The summed E-state index contributed by atoms with van der Waals surface area (Å²) >= 11 is 48.5. The van der Waals surface area contributed by atoms with E-state index < -0.39 is 0 Å². The Balaban J connectivity index is 1.55. The maximum absolute atomic E-state index is 11.3. The van der Waals surface area contributed by atoms with Gasteiger partial charge in [0.25, 0.3) is 0 Å². The van der Waals surface area contributed by atoms with Gasteiger partial charge in [-0.25, -0.2) is 9.97 Å².